The molecule has 1 aromatic rings. The second-order valence-electron chi connectivity index (χ2n) is 2.86. The van der Waals surface area contributed by atoms with Crippen molar-refractivity contribution in [1.29, 1.82) is 0 Å². The summed E-state index contributed by atoms with van der Waals surface area (Å²) in [7, 11) is 0. The third-order valence-electron chi connectivity index (χ3n) is 1.78. The second-order valence-corrected chi connectivity index (χ2v) is 2.86. The summed E-state index contributed by atoms with van der Waals surface area (Å²) in [5.41, 5.74) is 2.11. The maximum absolute atomic E-state index is 9.00. The average Bonchev–Trinajstić information content (AvgIpc) is 2.19. The molecule has 13 heavy (non-hydrogen) atoms. The van der Waals surface area contributed by atoms with E-state index in [0.29, 0.717) is 0 Å². The molecule has 0 spiro atoms. The summed E-state index contributed by atoms with van der Waals surface area (Å²) in [4.78, 5) is 0. The Balaban J connectivity index is 2.78. The smallest absolute Gasteiger partial charge is 0.0648 e. The first kappa shape index (κ1) is 9.75. The Bertz CT molecular complexity index is 285. The predicted molar refractivity (Wildman–Crippen MR) is 56.3 cm³/mol. The zero-order chi connectivity index (χ0) is 9.52. The molecule has 68 valence electrons. The van der Waals surface area contributed by atoms with E-state index in [1.165, 1.54) is 0 Å². The Kier molecular flexibility index (Phi) is 4.00. The highest BCUT2D eigenvalue weighted by molar-refractivity contribution is 5.53. The van der Waals surface area contributed by atoms with Crippen molar-refractivity contribution >= 4 is 6.08 Å². The lowest BCUT2D eigenvalue weighted by Crippen LogP contribution is -1.88. The molecule has 0 aliphatic rings. The van der Waals surface area contributed by atoms with E-state index >= 15 is 0 Å². The van der Waals surface area contributed by atoms with Gasteiger partial charge in [-0.3, -0.25) is 0 Å². The molecule has 1 aromatic carbocycles. The van der Waals surface area contributed by atoms with Gasteiger partial charge in [-0.15, -0.1) is 6.58 Å². The van der Waals surface area contributed by atoms with Crippen molar-refractivity contribution in [2.75, 3.05) is 6.61 Å². The van der Waals surface area contributed by atoms with Gasteiger partial charge in [-0.05, 0) is 17.6 Å². The monoisotopic (exact) mass is 174 g/mol. The molecule has 0 radical (unpaired) electrons. The molecule has 1 heteroatoms. The van der Waals surface area contributed by atoms with Gasteiger partial charge in [0.25, 0.3) is 0 Å². The van der Waals surface area contributed by atoms with Gasteiger partial charge in [-0.1, -0.05) is 42.5 Å². The van der Waals surface area contributed by atoms with Crippen LogP contribution in [0, 0.1) is 0 Å². The van der Waals surface area contributed by atoms with E-state index in [1.807, 2.05) is 36.4 Å². The number of hydrogen-bond acceptors (Lipinski definition) is 1. The number of rotatable bonds is 4. The van der Waals surface area contributed by atoms with E-state index in [4.69, 9.17) is 5.11 Å². The largest absolute Gasteiger partial charge is 0.392 e. The summed E-state index contributed by atoms with van der Waals surface area (Å²) in [5, 5.41) is 9.00. The van der Waals surface area contributed by atoms with E-state index in [2.05, 4.69) is 6.58 Å². The first-order valence-corrected chi connectivity index (χ1v) is 4.33. The quantitative estimate of drug-likeness (QED) is 0.696. The maximum Gasteiger partial charge on any atom is 0.0648 e. The Morgan fingerprint density at radius 1 is 1.31 bits per heavy atom. The van der Waals surface area contributed by atoms with Crippen LogP contribution in [0.25, 0.3) is 6.08 Å². The van der Waals surface area contributed by atoms with Gasteiger partial charge >= 0.3 is 0 Å². The minimum absolute atomic E-state index is 0.0981. The van der Waals surface area contributed by atoms with Gasteiger partial charge in [0.1, 0.15) is 0 Å². The van der Waals surface area contributed by atoms with Crippen LogP contribution in [0.4, 0.5) is 0 Å². The zero-order valence-corrected chi connectivity index (χ0v) is 7.61. The molecule has 0 atom stereocenters. The normalized spacial score (nSPS) is 11.3. The summed E-state index contributed by atoms with van der Waals surface area (Å²) in [6, 6.07) is 9.96. The Hall–Kier alpha value is -1.34. The Labute approximate surface area is 79.0 Å². The molecule has 0 unspecified atom stereocenters. The molecule has 0 aliphatic heterocycles. The van der Waals surface area contributed by atoms with E-state index in [9.17, 15) is 0 Å². The van der Waals surface area contributed by atoms with Gasteiger partial charge in [0.2, 0.25) is 0 Å². The van der Waals surface area contributed by atoms with Gasteiger partial charge in [0, 0.05) is 0 Å². The standard InChI is InChI=1S/C12H14O/c1-2-6-12(10-13)9-11-7-4-3-5-8-11/h2-5,7-9,13H,1,6,10H2/b12-9+. The van der Waals surface area contributed by atoms with Gasteiger partial charge in [0.15, 0.2) is 0 Å². The molecule has 1 N–H and O–H groups in total. The highest BCUT2D eigenvalue weighted by Gasteiger charge is 1.92. The third-order valence-corrected chi connectivity index (χ3v) is 1.78. The lowest BCUT2D eigenvalue weighted by atomic mass is 10.1. The van der Waals surface area contributed by atoms with Crippen LogP contribution in [0.5, 0.6) is 0 Å². The van der Waals surface area contributed by atoms with E-state index in [-0.39, 0.29) is 6.61 Å². The fourth-order valence-corrected chi connectivity index (χ4v) is 1.14. The maximum atomic E-state index is 9.00. The number of benzene rings is 1. The first-order chi connectivity index (χ1) is 6.36. The number of aliphatic hydroxyl groups excluding tert-OH is 1. The van der Waals surface area contributed by atoms with Gasteiger partial charge in [0.05, 0.1) is 6.61 Å². The van der Waals surface area contributed by atoms with Crippen molar-refractivity contribution in [3.8, 4) is 0 Å². The van der Waals surface area contributed by atoms with Crippen LogP contribution < -0.4 is 0 Å². The van der Waals surface area contributed by atoms with Crippen LogP contribution >= 0.6 is 0 Å². The van der Waals surface area contributed by atoms with E-state index < -0.39 is 0 Å². The average molecular weight is 174 g/mol. The van der Waals surface area contributed by atoms with Crippen LogP contribution in [0.1, 0.15) is 12.0 Å². The lowest BCUT2D eigenvalue weighted by Gasteiger charge is -1.99. The molecule has 0 fully saturated rings. The van der Waals surface area contributed by atoms with E-state index in [0.717, 1.165) is 17.6 Å². The lowest BCUT2D eigenvalue weighted by molar-refractivity contribution is 0.330. The van der Waals surface area contributed by atoms with Crippen LogP contribution in [-0.4, -0.2) is 11.7 Å². The summed E-state index contributed by atoms with van der Waals surface area (Å²) in [6.45, 7) is 3.74. The van der Waals surface area contributed by atoms with Crippen molar-refractivity contribution in [1.82, 2.24) is 0 Å². The van der Waals surface area contributed by atoms with Crippen LogP contribution in [0.2, 0.25) is 0 Å². The molecule has 0 saturated heterocycles. The molecular weight excluding hydrogens is 160 g/mol. The van der Waals surface area contributed by atoms with Gasteiger partial charge < -0.3 is 5.11 Å². The van der Waals surface area contributed by atoms with Gasteiger partial charge in [-0.2, -0.15) is 0 Å². The molecule has 0 saturated carbocycles. The molecule has 0 bridgehead atoms. The number of allylic oxidation sites excluding steroid dienone is 1. The zero-order valence-electron chi connectivity index (χ0n) is 7.61. The number of aliphatic hydroxyl groups is 1. The molecule has 1 nitrogen and oxygen atoms in total. The Morgan fingerprint density at radius 3 is 2.54 bits per heavy atom. The van der Waals surface area contributed by atoms with E-state index in [1.54, 1.807) is 6.08 Å². The van der Waals surface area contributed by atoms with Crippen molar-refractivity contribution in [2.45, 2.75) is 6.42 Å². The Morgan fingerprint density at radius 2 is 2.00 bits per heavy atom. The van der Waals surface area contributed by atoms with Crippen molar-refractivity contribution in [3.05, 3.63) is 54.1 Å². The summed E-state index contributed by atoms with van der Waals surface area (Å²) in [5.74, 6) is 0. The highest BCUT2D eigenvalue weighted by Crippen LogP contribution is 2.09. The van der Waals surface area contributed by atoms with Crippen LogP contribution in [0.3, 0.4) is 0 Å². The van der Waals surface area contributed by atoms with Crippen molar-refractivity contribution < 1.29 is 5.11 Å². The fraction of sp³-hybridized carbons (Fsp3) is 0.167. The topological polar surface area (TPSA) is 20.2 Å². The first-order valence-electron chi connectivity index (χ1n) is 4.33. The third kappa shape index (κ3) is 3.26. The SMILES string of the molecule is C=CC/C(=C\c1ccccc1)CO. The van der Waals surface area contributed by atoms with Crippen LogP contribution in [0.15, 0.2) is 48.6 Å². The van der Waals surface area contributed by atoms with Gasteiger partial charge in [-0.25, -0.2) is 0 Å². The molecule has 0 aliphatic carbocycles. The summed E-state index contributed by atoms with van der Waals surface area (Å²) < 4.78 is 0. The van der Waals surface area contributed by atoms with Crippen LogP contribution in [-0.2, 0) is 0 Å². The highest BCUT2D eigenvalue weighted by atomic mass is 16.3. The van der Waals surface area contributed by atoms with Crippen molar-refractivity contribution in [2.24, 2.45) is 0 Å². The molecular formula is C12H14O. The molecule has 0 heterocycles. The van der Waals surface area contributed by atoms with Crippen molar-refractivity contribution in [3.63, 3.8) is 0 Å². The summed E-state index contributed by atoms with van der Waals surface area (Å²) in [6.07, 6.45) is 4.53. The molecule has 0 aromatic heterocycles. The summed E-state index contributed by atoms with van der Waals surface area (Å²) >= 11 is 0. The molecule has 0 amide bonds. The number of hydrogen-bond donors (Lipinski definition) is 1. The fourth-order valence-electron chi connectivity index (χ4n) is 1.14. The predicted octanol–water partition coefficient (Wildman–Crippen LogP) is 2.64. The second kappa shape index (κ2) is 5.33. The minimum Gasteiger partial charge on any atom is -0.392 e. The minimum atomic E-state index is 0.0981. The molecule has 1 rings (SSSR count).